The summed E-state index contributed by atoms with van der Waals surface area (Å²) in [6.45, 7) is 4.68. The van der Waals surface area contributed by atoms with Gasteiger partial charge in [-0.2, -0.15) is 0 Å². The molecule has 0 atom stereocenters. The van der Waals surface area contributed by atoms with Gasteiger partial charge in [0, 0.05) is 32.1 Å². The average molecular weight is 470 g/mol. The highest BCUT2D eigenvalue weighted by molar-refractivity contribution is 7.88. The molecule has 2 saturated heterocycles. The van der Waals surface area contributed by atoms with Gasteiger partial charge in [-0.05, 0) is 55.5 Å². The van der Waals surface area contributed by atoms with Crippen LogP contribution in [0.2, 0.25) is 0 Å². The van der Waals surface area contributed by atoms with Crippen molar-refractivity contribution in [2.24, 2.45) is 5.92 Å². The molecule has 7 heteroatoms. The molecule has 2 heterocycles. The fraction of sp³-hybridized carbons (Fsp3) is 0.500. The van der Waals surface area contributed by atoms with Gasteiger partial charge in [-0.1, -0.05) is 61.0 Å². The first kappa shape index (κ1) is 23.9. The Bertz CT molecular complexity index is 995. The first-order valence-corrected chi connectivity index (χ1v) is 13.7. The topological polar surface area (TPSA) is 69.7 Å². The highest BCUT2D eigenvalue weighted by Gasteiger charge is 2.31. The van der Waals surface area contributed by atoms with Crippen LogP contribution >= 0.6 is 0 Å². The lowest BCUT2D eigenvalue weighted by atomic mass is 9.97. The molecule has 0 aliphatic carbocycles. The Morgan fingerprint density at radius 3 is 2.12 bits per heavy atom. The molecule has 2 aliphatic heterocycles. The molecule has 0 radical (unpaired) electrons. The Labute approximate surface area is 198 Å². The number of piperidine rings is 2. The van der Waals surface area contributed by atoms with Crippen LogP contribution in [0.25, 0.3) is 0 Å². The van der Waals surface area contributed by atoms with E-state index in [2.05, 4.69) is 34.5 Å². The van der Waals surface area contributed by atoms with Crippen molar-refractivity contribution < 1.29 is 13.2 Å². The van der Waals surface area contributed by atoms with E-state index in [4.69, 9.17) is 0 Å². The fourth-order valence-corrected chi connectivity index (χ4v) is 6.31. The molecule has 0 saturated carbocycles. The van der Waals surface area contributed by atoms with E-state index >= 15 is 0 Å². The van der Waals surface area contributed by atoms with E-state index in [0.717, 1.165) is 17.7 Å². The normalized spacial score (nSPS) is 18.8. The maximum absolute atomic E-state index is 12.7. The maximum Gasteiger partial charge on any atom is 0.223 e. The van der Waals surface area contributed by atoms with Gasteiger partial charge in [0.05, 0.1) is 5.75 Å². The Morgan fingerprint density at radius 1 is 0.818 bits per heavy atom. The molecule has 2 fully saturated rings. The van der Waals surface area contributed by atoms with Crippen LogP contribution < -0.4 is 5.32 Å². The van der Waals surface area contributed by atoms with Gasteiger partial charge in [0.1, 0.15) is 0 Å². The van der Waals surface area contributed by atoms with Gasteiger partial charge in [0.2, 0.25) is 15.9 Å². The average Bonchev–Trinajstić information content (AvgIpc) is 2.84. The van der Waals surface area contributed by atoms with Gasteiger partial charge in [0.25, 0.3) is 0 Å². The predicted molar refractivity (Wildman–Crippen MR) is 131 cm³/mol. The summed E-state index contributed by atoms with van der Waals surface area (Å²) in [7, 11) is -3.36. The number of amides is 1. The Hall–Kier alpha value is -2.22. The first-order valence-electron chi connectivity index (χ1n) is 12.1. The van der Waals surface area contributed by atoms with Crippen LogP contribution in [0.4, 0.5) is 0 Å². The number of sulfonamides is 1. The summed E-state index contributed by atoms with van der Waals surface area (Å²) in [6.07, 6.45) is 5.06. The van der Waals surface area contributed by atoms with Gasteiger partial charge < -0.3 is 5.32 Å². The molecule has 6 nitrogen and oxygen atoms in total. The second kappa shape index (κ2) is 11.3. The van der Waals surface area contributed by atoms with Crippen molar-refractivity contribution in [3.8, 4) is 0 Å². The van der Waals surface area contributed by atoms with Crippen molar-refractivity contribution in [1.82, 2.24) is 14.5 Å². The van der Waals surface area contributed by atoms with Gasteiger partial charge >= 0.3 is 0 Å². The van der Waals surface area contributed by atoms with Crippen LogP contribution in [0.15, 0.2) is 54.6 Å². The number of rotatable bonds is 8. The van der Waals surface area contributed by atoms with E-state index in [0.29, 0.717) is 32.5 Å². The molecule has 2 aliphatic rings. The lowest BCUT2D eigenvalue weighted by molar-refractivity contribution is -0.126. The van der Waals surface area contributed by atoms with E-state index in [9.17, 15) is 13.2 Å². The smallest absolute Gasteiger partial charge is 0.223 e. The van der Waals surface area contributed by atoms with Gasteiger partial charge in [-0.3, -0.25) is 9.69 Å². The lowest BCUT2D eigenvalue weighted by Crippen LogP contribution is -2.43. The molecular formula is C26H35N3O3S. The zero-order valence-corrected chi connectivity index (χ0v) is 20.1. The second-order valence-electron chi connectivity index (χ2n) is 9.29. The minimum atomic E-state index is -3.36. The van der Waals surface area contributed by atoms with Gasteiger partial charge in [-0.15, -0.1) is 0 Å². The van der Waals surface area contributed by atoms with Crippen LogP contribution in [0.3, 0.4) is 0 Å². The van der Waals surface area contributed by atoms with Crippen molar-refractivity contribution >= 4 is 15.9 Å². The standard InChI is InChI=1S/C26H35N3O3S/c30-26(27-19-22-9-11-23(12-10-22)20-28-15-5-2-6-16-28)25-13-17-29(18-14-25)33(31,32)21-24-7-3-1-4-8-24/h1,3-4,7-12,25H,2,5-6,13-21H2,(H,27,30). The number of hydrogen-bond donors (Lipinski definition) is 1. The van der Waals surface area contributed by atoms with Gasteiger partial charge in [0.15, 0.2) is 0 Å². The summed E-state index contributed by atoms with van der Waals surface area (Å²) < 4.78 is 27.0. The predicted octanol–water partition coefficient (Wildman–Crippen LogP) is 3.53. The molecule has 0 bridgehead atoms. The Kier molecular flexibility index (Phi) is 8.17. The van der Waals surface area contributed by atoms with Crippen molar-refractivity contribution in [3.63, 3.8) is 0 Å². The lowest BCUT2D eigenvalue weighted by Gasteiger charge is -2.30. The molecule has 178 valence electrons. The summed E-state index contributed by atoms with van der Waals surface area (Å²) in [5.41, 5.74) is 3.20. The zero-order chi connectivity index (χ0) is 23.1. The Morgan fingerprint density at radius 2 is 1.45 bits per heavy atom. The number of benzene rings is 2. The molecule has 0 aromatic heterocycles. The van der Waals surface area contributed by atoms with Crippen LogP contribution in [0.1, 0.15) is 48.8 Å². The fourth-order valence-electron chi connectivity index (χ4n) is 4.74. The van der Waals surface area contributed by atoms with Crippen LogP contribution in [-0.4, -0.2) is 49.7 Å². The maximum atomic E-state index is 12.7. The van der Waals surface area contributed by atoms with E-state index in [-0.39, 0.29) is 17.6 Å². The molecule has 4 rings (SSSR count). The third-order valence-electron chi connectivity index (χ3n) is 6.75. The van der Waals surface area contributed by atoms with Gasteiger partial charge in [-0.25, -0.2) is 12.7 Å². The number of hydrogen-bond acceptors (Lipinski definition) is 4. The minimum absolute atomic E-state index is 0.0124. The molecule has 0 spiro atoms. The van der Waals surface area contributed by atoms with E-state index in [1.165, 1.54) is 42.2 Å². The second-order valence-corrected chi connectivity index (χ2v) is 11.3. The molecule has 1 N–H and O–H groups in total. The quantitative estimate of drug-likeness (QED) is 0.642. The molecule has 2 aromatic carbocycles. The molecule has 2 aromatic rings. The minimum Gasteiger partial charge on any atom is -0.352 e. The largest absolute Gasteiger partial charge is 0.352 e. The third kappa shape index (κ3) is 6.88. The highest BCUT2D eigenvalue weighted by Crippen LogP contribution is 2.22. The van der Waals surface area contributed by atoms with Crippen molar-refractivity contribution in [3.05, 3.63) is 71.3 Å². The molecular weight excluding hydrogens is 434 g/mol. The first-order chi connectivity index (χ1) is 16.0. The third-order valence-corrected chi connectivity index (χ3v) is 8.60. The van der Waals surface area contributed by atoms with Crippen LogP contribution in [-0.2, 0) is 33.7 Å². The van der Waals surface area contributed by atoms with E-state index in [1.54, 1.807) is 0 Å². The number of carbonyl (C=O) groups is 1. The van der Waals surface area contributed by atoms with Crippen LogP contribution in [0, 0.1) is 5.92 Å². The summed E-state index contributed by atoms with van der Waals surface area (Å²) >= 11 is 0. The number of likely N-dealkylation sites (tertiary alicyclic amines) is 1. The summed E-state index contributed by atoms with van der Waals surface area (Å²) in [6, 6.07) is 17.8. The molecule has 33 heavy (non-hydrogen) atoms. The van der Waals surface area contributed by atoms with Crippen LogP contribution in [0.5, 0.6) is 0 Å². The monoisotopic (exact) mass is 469 g/mol. The van der Waals surface area contributed by atoms with E-state index in [1.807, 2.05) is 30.3 Å². The SMILES string of the molecule is O=C(NCc1ccc(CN2CCCCC2)cc1)C1CCN(S(=O)(=O)Cc2ccccc2)CC1. The molecule has 0 unspecified atom stereocenters. The summed E-state index contributed by atoms with van der Waals surface area (Å²) in [5, 5.41) is 3.05. The Balaban J connectivity index is 1.20. The number of nitrogens with one attached hydrogen (secondary N) is 1. The summed E-state index contributed by atoms with van der Waals surface area (Å²) in [4.78, 5) is 15.2. The van der Waals surface area contributed by atoms with E-state index < -0.39 is 10.0 Å². The highest BCUT2D eigenvalue weighted by atomic mass is 32.2. The number of carbonyl (C=O) groups excluding carboxylic acids is 1. The summed E-state index contributed by atoms with van der Waals surface area (Å²) in [5.74, 6) is -0.0996. The number of nitrogens with zero attached hydrogens (tertiary/aromatic N) is 2. The van der Waals surface area contributed by atoms with Crippen molar-refractivity contribution in [2.45, 2.75) is 50.9 Å². The van der Waals surface area contributed by atoms with Crippen molar-refractivity contribution in [1.29, 1.82) is 0 Å². The van der Waals surface area contributed by atoms with Crippen molar-refractivity contribution in [2.75, 3.05) is 26.2 Å². The molecule has 1 amide bonds. The zero-order valence-electron chi connectivity index (χ0n) is 19.3.